The summed E-state index contributed by atoms with van der Waals surface area (Å²) in [4.78, 5) is 17.9. The molecule has 1 atom stereocenters. The number of likely N-dealkylation sites (N-methyl/N-ethyl adjacent to an activating group) is 1. The van der Waals surface area contributed by atoms with Gasteiger partial charge in [-0.05, 0) is 19.1 Å². The van der Waals surface area contributed by atoms with Crippen LogP contribution in [0.2, 0.25) is 0 Å². The van der Waals surface area contributed by atoms with E-state index in [1.807, 2.05) is 25.1 Å². The first-order chi connectivity index (χ1) is 9.65. The number of rotatable bonds is 4. The molecule has 0 aliphatic carbocycles. The predicted octanol–water partition coefficient (Wildman–Crippen LogP) is 0.947. The van der Waals surface area contributed by atoms with Gasteiger partial charge in [-0.1, -0.05) is 6.07 Å². The number of carbonyl (C=O) groups excluding carboxylic acids is 1. The van der Waals surface area contributed by atoms with Crippen molar-refractivity contribution in [1.29, 1.82) is 0 Å². The molecular formula is C14H21N3O3. The average molecular weight is 279 g/mol. The van der Waals surface area contributed by atoms with Gasteiger partial charge >= 0.3 is 6.03 Å². The molecule has 0 aromatic carbocycles. The molecule has 1 N–H and O–H groups in total. The van der Waals surface area contributed by atoms with Crippen LogP contribution in [0.25, 0.3) is 0 Å². The molecule has 1 aromatic rings. The van der Waals surface area contributed by atoms with Crippen molar-refractivity contribution in [2.45, 2.75) is 19.6 Å². The van der Waals surface area contributed by atoms with Crippen LogP contribution in [0.1, 0.15) is 11.4 Å². The maximum Gasteiger partial charge on any atom is 0.317 e. The Morgan fingerprint density at radius 2 is 2.35 bits per heavy atom. The number of pyridine rings is 1. The van der Waals surface area contributed by atoms with Crippen LogP contribution >= 0.6 is 0 Å². The van der Waals surface area contributed by atoms with Crippen molar-refractivity contribution in [2.24, 2.45) is 0 Å². The summed E-state index contributed by atoms with van der Waals surface area (Å²) in [6, 6.07) is 5.62. The van der Waals surface area contributed by atoms with Gasteiger partial charge in [0.05, 0.1) is 44.7 Å². The van der Waals surface area contributed by atoms with E-state index in [9.17, 15) is 4.79 Å². The third-order valence-corrected chi connectivity index (χ3v) is 3.08. The van der Waals surface area contributed by atoms with Crippen molar-refractivity contribution >= 4 is 6.03 Å². The van der Waals surface area contributed by atoms with Gasteiger partial charge in [-0.25, -0.2) is 4.79 Å². The Bertz CT molecular complexity index is 447. The Kier molecular flexibility index (Phi) is 5.31. The molecule has 0 unspecified atom stereocenters. The van der Waals surface area contributed by atoms with E-state index in [1.54, 1.807) is 11.9 Å². The molecular weight excluding hydrogens is 258 g/mol. The summed E-state index contributed by atoms with van der Waals surface area (Å²) >= 11 is 0. The first-order valence-electron chi connectivity index (χ1n) is 6.76. The van der Waals surface area contributed by atoms with E-state index in [1.165, 1.54) is 0 Å². The highest BCUT2D eigenvalue weighted by molar-refractivity contribution is 5.73. The summed E-state index contributed by atoms with van der Waals surface area (Å²) in [6.45, 7) is 4.63. The van der Waals surface area contributed by atoms with Crippen LogP contribution in [0.3, 0.4) is 0 Å². The van der Waals surface area contributed by atoms with Gasteiger partial charge in [-0.2, -0.15) is 0 Å². The van der Waals surface area contributed by atoms with Crippen molar-refractivity contribution in [2.75, 3.05) is 33.4 Å². The number of carbonyl (C=O) groups is 1. The van der Waals surface area contributed by atoms with Crippen molar-refractivity contribution in [3.63, 3.8) is 0 Å². The number of aryl methyl sites for hydroxylation is 1. The monoisotopic (exact) mass is 279 g/mol. The lowest BCUT2D eigenvalue weighted by molar-refractivity contribution is -0.0928. The molecule has 20 heavy (non-hydrogen) atoms. The molecule has 0 spiro atoms. The SMILES string of the molecule is Cc1cccc(CNC(=O)N(C)C[C@@H]2COCCO2)n1. The van der Waals surface area contributed by atoms with Gasteiger partial charge < -0.3 is 19.7 Å². The van der Waals surface area contributed by atoms with Crippen LogP contribution in [0.15, 0.2) is 18.2 Å². The first-order valence-corrected chi connectivity index (χ1v) is 6.76. The van der Waals surface area contributed by atoms with Crippen molar-refractivity contribution in [3.8, 4) is 0 Å². The third-order valence-electron chi connectivity index (χ3n) is 3.08. The van der Waals surface area contributed by atoms with Crippen molar-refractivity contribution in [3.05, 3.63) is 29.6 Å². The molecule has 1 aromatic heterocycles. The molecule has 1 saturated heterocycles. The van der Waals surface area contributed by atoms with Crippen LogP contribution < -0.4 is 5.32 Å². The number of hydrogen-bond acceptors (Lipinski definition) is 4. The minimum Gasteiger partial charge on any atom is -0.376 e. The summed E-state index contributed by atoms with van der Waals surface area (Å²) in [5, 5.41) is 2.84. The number of amides is 2. The molecule has 1 aliphatic heterocycles. The summed E-state index contributed by atoms with van der Waals surface area (Å²) < 4.78 is 10.8. The van der Waals surface area contributed by atoms with Crippen molar-refractivity contribution in [1.82, 2.24) is 15.2 Å². The zero-order valence-corrected chi connectivity index (χ0v) is 12.0. The van der Waals surface area contributed by atoms with E-state index in [4.69, 9.17) is 9.47 Å². The zero-order chi connectivity index (χ0) is 14.4. The molecule has 2 amide bonds. The Hall–Kier alpha value is -1.66. The Morgan fingerprint density at radius 3 is 3.05 bits per heavy atom. The molecule has 0 bridgehead atoms. The van der Waals surface area contributed by atoms with Gasteiger partial charge in [0.2, 0.25) is 0 Å². The minimum absolute atomic E-state index is 0.0448. The van der Waals surface area contributed by atoms with E-state index in [2.05, 4.69) is 10.3 Å². The van der Waals surface area contributed by atoms with Crippen LogP contribution in [-0.2, 0) is 16.0 Å². The van der Waals surface area contributed by atoms with E-state index >= 15 is 0 Å². The fraction of sp³-hybridized carbons (Fsp3) is 0.571. The summed E-state index contributed by atoms with van der Waals surface area (Å²) in [6.07, 6.45) is -0.0448. The number of urea groups is 1. The average Bonchev–Trinajstić information content (AvgIpc) is 2.46. The lowest BCUT2D eigenvalue weighted by atomic mass is 10.3. The highest BCUT2D eigenvalue weighted by Gasteiger charge is 2.19. The summed E-state index contributed by atoms with van der Waals surface area (Å²) in [5.41, 5.74) is 1.79. The number of aromatic nitrogens is 1. The Balaban J connectivity index is 1.76. The fourth-order valence-corrected chi connectivity index (χ4v) is 2.03. The van der Waals surface area contributed by atoms with Gasteiger partial charge in [0.1, 0.15) is 0 Å². The molecule has 6 heteroatoms. The number of nitrogens with zero attached hydrogens (tertiary/aromatic N) is 2. The lowest BCUT2D eigenvalue weighted by Gasteiger charge is -2.27. The zero-order valence-electron chi connectivity index (χ0n) is 12.0. The number of ether oxygens (including phenoxy) is 2. The van der Waals surface area contributed by atoms with E-state index in [0.29, 0.717) is 32.9 Å². The van der Waals surface area contributed by atoms with Gasteiger partial charge in [0, 0.05) is 12.7 Å². The maximum absolute atomic E-state index is 12.0. The number of nitrogens with one attached hydrogen (secondary N) is 1. The molecule has 1 fully saturated rings. The van der Waals surface area contributed by atoms with Gasteiger partial charge in [-0.15, -0.1) is 0 Å². The molecule has 1 aliphatic rings. The molecule has 0 radical (unpaired) electrons. The second-order valence-electron chi connectivity index (χ2n) is 4.88. The van der Waals surface area contributed by atoms with E-state index in [0.717, 1.165) is 11.4 Å². The Morgan fingerprint density at radius 1 is 1.50 bits per heavy atom. The first kappa shape index (κ1) is 14.7. The molecule has 110 valence electrons. The largest absolute Gasteiger partial charge is 0.376 e. The highest BCUT2D eigenvalue weighted by Crippen LogP contribution is 2.03. The topological polar surface area (TPSA) is 63.7 Å². The number of hydrogen-bond donors (Lipinski definition) is 1. The third kappa shape index (κ3) is 4.47. The van der Waals surface area contributed by atoms with Crippen LogP contribution in [0.4, 0.5) is 4.79 Å². The molecule has 2 heterocycles. The van der Waals surface area contributed by atoms with Crippen LogP contribution in [0, 0.1) is 6.92 Å². The minimum atomic E-state index is -0.137. The lowest BCUT2D eigenvalue weighted by Crippen LogP contribution is -2.44. The second-order valence-corrected chi connectivity index (χ2v) is 4.88. The van der Waals surface area contributed by atoms with Crippen molar-refractivity contribution < 1.29 is 14.3 Å². The second kappa shape index (κ2) is 7.21. The van der Waals surface area contributed by atoms with Crippen LogP contribution in [0.5, 0.6) is 0 Å². The molecule has 2 rings (SSSR count). The summed E-state index contributed by atoms with van der Waals surface area (Å²) in [5.74, 6) is 0. The maximum atomic E-state index is 12.0. The van der Waals surface area contributed by atoms with E-state index in [-0.39, 0.29) is 12.1 Å². The van der Waals surface area contributed by atoms with Gasteiger partial charge in [0.25, 0.3) is 0 Å². The predicted molar refractivity (Wildman–Crippen MR) is 74.4 cm³/mol. The van der Waals surface area contributed by atoms with Crippen LogP contribution in [-0.4, -0.2) is 55.4 Å². The standard InChI is InChI=1S/C14H21N3O3/c1-11-4-3-5-12(16-11)8-15-14(18)17(2)9-13-10-19-6-7-20-13/h3-5,13H,6-10H2,1-2H3,(H,15,18)/t13-/m1/s1. The molecule has 6 nitrogen and oxygen atoms in total. The Labute approximate surface area is 119 Å². The quantitative estimate of drug-likeness (QED) is 0.891. The normalized spacial score (nSPS) is 18.6. The van der Waals surface area contributed by atoms with Gasteiger partial charge in [0.15, 0.2) is 0 Å². The van der Waals surface area contributed by atoms with E-state index < -0.39 is 0 Å². The fourth-order valence-electron chi connectivity index (χ4n) is 2.03. The van der Waals surface area contributed by atoms with Gasteiger partial charge in [-0.3, -0.25) is 4.98 Å². The molecule has 0 saturated carbocycles. The smallest absolute Gasteiger partial charge is 0.317 e. The summed E-state index contributed by atoms with van der Waals surface area (Å²) in [7, 11) is 1.75. The highest BCUT2D eigenvalue weighted by atomic mass is 16.6.